The average molecular weight is 389 g/mol. The molecule has 0 bridgehead atoms. The number of anilines is 1. The van der Waals surface area contributed by atoms with E-state index in [1.165, 1.54) is 7.11 Å². The minimum Gasteiger partial charge on any atom is -0.465 e. The molecule has 6 nitrogen and oxygen atoms in total. The zero-order valence-corrected chi connectivity index (χ0v) is 15.8. The smallest absolute Gasteiger partial charge is 0.340 e. The zero-order chi connectivity index (χ0) is 20.6. The lowest BCUT2D eigenvalue weighted by atomic mass is 10.1. The second-order valence-electron chi connectivity index (χ2n) is 6.13. The van der Waals surface area contributed by atoms with Crippen LogP contribution in [0.4, 0.5) is 5.69 Å². The van der Waals surface area contributed by atoms with Crippen molar-refractivity contribution in [1.29, 1.82) is 0 Å². The van der Waals surface area contributed by atoms with E-state index in [1.54, 1.807) is 72.8 Å². The van der Waals surface area contributed by atoms with Crippen LogP contribution in [-0.2, 0) is 16.1 Å². The number of esters is 2. The molecular formula is C23H19NO5. The predicted molar refractivity (Wildman–Crippen MR) is 108 cm³/mol. The van der Waals surface area contributed by atoms with E-state index in [2.05, 4.69) is 10.1 Å². The topological polar surface area (TPSA) is 81.7 Å². The third kappa shape index (κ3) is 5.07. The van der Waals surface area contributed by atoms with Gasteiger partial charge in [-0.2, -0.15) is 0 Å². The van der Waals surface area contributed by atoms with E-state index in [0.29, 0.717) is 16.8 Å². The Kier molecular flexibility index (Phi) is 6.37. The van der Waals surface area contributed by atoms with Gasteiger partial charge in [0.15, 0.2) is 0 Å². The number of amides is 1. The number of carbonyl (C=O) groups excluding carboxylic acids is 3. The summed E-state index contributed by atoms with van der Waals surface area (Å²) in [6, 6.07) is 21.9. The molecule has 3 aromatic carbocycles. The van der Waals surface area contributed by atoms with E-state index in [1.807, 2.05) is 6.07 Å². The van der Waals surface area contributed by atoms with Crippen molar-refractivity contribution in [2.45, 2.75) is 6.61 Å². The second kappa shape index (κ2) is 9.32. The van der Waals surface area contributed by atoms with Crippen molar-refractivity contribution < 1.29 is 23.9 Å². The van der Waals surface area contributed by atoms with Crippen LogP contribution in [0.25, 0.3) is 0 Å². The van der Waals surface area contributed by atoms with Crippen molar-refractivity contribution >= 4 is 23.5 Å². The van der Waals surface area contributed by atoms with Crippen molar-refractivity contribution in [3.8, 4) is 0 Å². The second-order valence-corrected chi connectivity index (χ2v) is 6.13. The summed E-state index contributed by atoms with van der Waals surface area (Å²) >= 11 is 0. The summed E-state index contributed by atoms with van der Waals surface area (Å²) in [5.74, 6) is -1.31. The predicted octanol–water partition coefficient (Wildman–Crippen LogP) is 4.08. The number of hydrogen-bond acceptors (Lipinski definition) is 5. The summed E-state index contributed by atoms with van der Waals surface area (Å²) in [6.45, 7) is 0.0290. The van der Waals surface area contributed by atoms with Crippen LogP contribution in [0.5, 0.6) is 0 Å². The van der Waals surface area contributed by atoms with Gasteiger partial charge in [0.25, 0.3) is 5.91 Å². The maximum absolute atomic E-state index is 12.5. The van der Waals surface area contributed by atoms with Gasteiger partial charge in [0.05, 0.1) is 23.9 Å². The summed E-state index contributed by atoms with van der Waals surface area (Å²) in [5, 5.41) is 2.74. The number of hydrogen-bond donors (Lipinski definition) is 1. The van der Waals surface area contributed by atoms with Crippen LogP contribution < -0.4 is 5.32 Å². The first-order valence-electron chi connectivity index (χ1n) is 8.88. The Morgan fingerprint density at radius 3 is 2.10 bits per heavy atom. The number of para-hydroxylation sites is 1. The lowest BCUT2D eigenvalue weighted by Crippen LogP contribution is -2.15. The molecular weight excluding hydrogens is 370 g/mol. The van der Waals surface area contributed by atoms with Crippen LogP contribution in [0.1, 0.15) is 36.6 Å². The van der Waals surface area contributed by atoms with Crippen molar-refractivity contribution in [2.24, 2.45) is 0 Å². The highest BCUT2D eigenvalue weighted by Gasteiger charge is 2.15. The maximum atomic E-state index is 12.5. The van der Waals surface area contributed by atoms with Gasteiger partial charge in [-0.05, 0) is 42.0 Å². The molecule has 6 heteroatoms. The number of ether oxygens (including phenoxy) is 2. The molecule has 3 aromatic rings. The van der Waals surface area contributed by atoms with Crippen LogP contribution >= 0.6 is 0 Å². The Bertz CT molecular complexity index is 1010. The highest BCUT2D eigenvalue weighted by Crippen LogP contribution is 2.18. The fourth-order valence-electron chi connectivity index (χ4n) is 2.64. The van der Waals surface area contributed by atoms with E-state index in [4.69, 9.17) is 4.74 Å². The Morgan fingerprint density at radius 2 is 1.41 bits per heavy atom. The molecule has 0 aliphatic carbocycles. The summed E-state index contributed by atoms with van der Waals surface area (Å²) in [4.78, 5) is 36.4. The van der Waals surface area contributed by atoms with Gasteiger partial charge in [-0.3, -0.25) is 4.79 Å². The first kappa shape index (κ1) is 19.8. The third-order valence-corrected chi connectivity index (χ3v) is 4.18. The van der Waals surface area contributed by atoms with E-state index in [9.17, 15) is 14.4 Å². The number of nitrogens with one attached hydrogen (secondary N) is 1. The largest absolute Gasteiger partial charge is 0.465 e. The zero-order valence-electron chi connectivity index (χ0n) is 15.8. The van der Waals surface area contributed by atoms with Gasteiger partial charge in [-0.25, -0.2) is 9.59 Å². The van der Waals surface area contributed by atoms with Crippen molar-refractivity contribution in [3.05, 3.63) is 101 Å². The Labute approximate surface area is 168 Å². The molecule has 0 aliphatic heterocycles. The summed E-state index contributed by atoms with van der Waals surface area (Å²) in [6.07, 6.45) is 0. The van der Waals surface area contributed by atoms with Gasteiger partial charge in [0.2, 0.25) is 0 Å². The molecule has 0 fully saturated rings. The maximum Gasteiger partial charge on any atom is 0.340 e. The molecule has 0 aliphatic rings. The van der Waals surface area contributed by atoms with Gasteiger partial charge < -0.3 is 14.8 Å². The van der Waals surface area contributed by atoms with Gasteiger partial charge in [-0.15, -0.1) is 0 Å². The van der Waals surface area contributed by atoms with E-state index >= 15 is 0 Å². The number of methoxy groups -OCH3 is 1. The molecule has 0 unspecified atom stereocenters. The number of benzene rings is 3. The lowest BCUT2D eigenvalue weighted by Gasteiger charge is -2.11. The number of carbonyl (C=O) groups is 3. The first-order chi connectivity index (χ1) is 14.1. The summed E-state index contributed by atoms with van der Waals surface area (Å²) in [5.41, 5.74) is 2.24. The molecule has 0 saturated heterocycles. The average Bonchev–Trinajstić information content (AvgIpc) is 2.78. The number of rotatable bonds is 6. The van der Waals surface area contributed by atoms with E-state index in [0.717, 1.165) is 5.56 Å². The van der Waals surface area contributed by atoms with Crippen LogP contribution in [0, 0.1) is 0 Å². The fourth-order valence-corrected chi connectivity index (χ4v) is 2.64. The van der Waals surface area contributed by atoms with Crippen molar-refractivity contribution in [3.63, 3.8) is 0 Å². The SMILES string of the molecule is COC(=O)c1ccc(COC(=O)c2ccccc2NC(=O)c2ccccc2)cc1. The van der Waals surface area contributed by atoms with Crippen molar-refractivity contribution in [2.75, 3.05) is 12.4 Å². The normalized spacial score (nSPS) is 10.1. The van der Waals surface area contributed by atoms with Crippen LogP contribution in [0.2, 0.25) is 0 Å². The van der Waals surface area contributed by atoms with E-state index in [-0.39, 0.29) is 18.1 Å². The molecule has 0 aromatic heterocycles. The molecule has 3 rings (SSSR count). The molecule has 0 atom stereocenters. The molecule has 29 heavy (non-hydrogen) atoms. The van der Waals surface area contributed by atoms with Crippen LogP contribution in [0.15, 0.2) is 78.9 Å². The Balaban J connectivity index is 1.67. The van der Waals surface area contributed by atoms with Crippen molar-refractivity contribution in [1.82, 2.24) is 0 Å². The standard InChI is InChI=1S/C23H19NO5/c1-28-22(26)18-13-11-16(12-14-18)15-29-23(27)19-9-5-6-10-20(19)24-21(25)17-7-3-2-4-8-17/h2-14H,15H2,1H3,(H,24,25). The van der Waals surface area contributed by atoms with Crippen LogP contribution in [-0.4, -0.2) is 25.0 Å². The molecule has 1 amide bonds. The third-order valence-electron chi connectivity index (χ3n) is 4.18. The first-order valence-corrected chi connectivity index (χ1v) is 8.88. The van der Waals surface area contributed by atoms with E-state index < -0.39 is 11.9 Å². The Hall–Kier alpha value is -3.93. The van der Waals surface area contributed by atoms with Gasteiger partial charge >= 0.3 is 11.9 Å². The minimum atomic E-state index is -0.564. The summed E-state index contributed by atoms with van der Waals surface area (Å²) in [7, 11) is 1.31. The quantitative estimate of drug-likeness (QED) is 0.643. The monoisotopic (exact) mass is 389 g/mol. The van der Waals surface area contributed by atoms with Gasteiger partial charge in [-0.1, -0.05) is 42.5 Å². The van der Waals surface area contributed by atoms with Gasteiger partial charge in [0.1, 0.15) is 6.61 Å². The Morgan fingerprint density at radius 1 is 0.759 bits per heavy atom. The van der Waals surface area contributed by atoms with Crippen LogP contribution in [0.3, 0.4) is 0 Å². The molecule has 1 N–H and O–H groups in total. The molecule has 0 spiro atoms. The molecule has 0 saturated carbocycles. The highest BCUT2D eigenvalue weighted by atomic mass is 16.5. The highest BCUT2D eigenvalue weighted by molar-refractivity contribution is 6.08. The van der Waals surface area contributed by atoms with Gasteiger partial charge in [0, 0.05) is 5.56 Å². The lowest BCUT2D eigenvalue weighted by molar-refractivity contribution is 0.0472. The summed E-state index contributed by atoms with van der Waals surface area (Å²) < 4.78 is 10.0. The fraction of sp³-hybridized carbons (Fsp3) is 0.0870. The molecule has 0 radical (unpaired) electrons. The molecule has 146 valence electrons. The minimum absolute atomic E-state index is 0.0290. The molecule has 0 heterocycles.